The molecule has 5 heterocycles. The van der Waals surface area contributed by atoms with Crippen molar-refractivity contribution in [3.63, 3.8) is 0 Å². The molecule has 274 valence electrons. The topological polar surface area (TPSA) is 79.9 Å². The molecule has 0 unspecified atom stereocenters. The van der Waals surface area contributed by atoms with Crippen LogP contribution in [0.15, 0.2) is 195 Å². The maximum atomic E-state index is 7.92. The summed E-state index contributed by atoms with van der Waals surface area (Å²) < 4.78 is 32.9. The van der Waals surface area contributed by atoms with E-state index in [1.807, 2.05) is 109 Å². The summed E-state index contributed by atoms with van der Waals surface area (Å²) >= 11 is 0. The number of ether oxygens (including phenoxy) is 2. The Balaban J connectivity index is 0.848. The monoisotopic (exact) mass is 750 g/mol. The van der Waals surface area contributed by atoms with Gasteiger partial charge in [-0.1, -0.05) is 72.8 Å². The first-order valence-electron chi connectivity index (χ1n) is 19.8. The predicted octanol–water partition coefficient (Wildman–Crippen LogP) is 12.4. The van der Waals surface area contributed by atoms with E-state index in [1.54, 1.807) is 36.9 Å². The van der Waals surface area contributed by atoms with Crippen LogP contribution in [0.4, 0.5) is 0 Å². The van der Waals surface area contributed by atoms with E-state index in [4.69, 9.17) is 22.2 Å². The number of nitrogens with zero attached hydrogens (tertiary/aromatic N) is 6. The molecule has 8 nitrogen and oxygen atoms in total. The Labute approximate surface area is 335 Å². The van der Waals surface area contributed by atoms with Crippen LogP contribution in [0.2, 0.25) is 0 Å². The van der Waals surface area contributed by atoms with E-state index in [0.29, 0.717) is 46.5 Å². The van der Waals surface area contributed by atoms with Crippen molar-refractivity contribution in [3.05, 3.63) is 195 Å². The minimum Gasteiger partial charge on any atom is -0.457 e. The smallest absolute Gasteiger partial charge is 0.137 e. The minimum atomic E-state index is 0.362. The molecule has 6 aromatic carbocycles. The summed E-state index contributed by atoms with van der Waals surface area (Å²) in [5.74, 6) is 4.18. The maximum absolute atomic E-state index is 7.92. The molecular weight excluding hydrogens is 717 g/mol. The molecule has 58 heavy (non-hydrogen) atoms. The number of hydrogen-bond donors (Lipinski definition) is 0. The van der Waals surface area contributed by atoms with Crippen LogP contribution in [-0.4, -0.2) is 29.1 Å². The van der Waals surface area contributed by atoms with E-state index in [1.165, 1.54) is 0 Å². The third kappa shape index (κ3) is 5.88. The number of para-hydroxylation sites is 2. The summed E-state index contributed by atoms with van der Waals surface area (Å²) in [5.41, 5.74) is 7.15. The highest BCUT2D eigenvalue weighted by Gasteiger charge is 2.16. The molecule has 0 aliphatic rings. The molecule has 0 amide bonds. The molecule has 11 aromatic rings. The summed E-state index contributed by atoms with van der Waals surface area (Å²) in [5, 5.41) is 4.40. The molecule has 0 N–H and O–H groups in total. The number of aromatic nitrogens is 6. The van der Waals surface area contributed by atoms with Gasteiger partial charge in [-0.25, -0.2) is 9.97 Å². The van der Waals surface area contributed by atoms with Gasteiger partial charge in [0.25, 0.3) is 0 Å². The Kier molecular flexibility index (Phi) is 7.45. The van der Waals surface area contributed by atoms with Gasteiger partial charge in [0.15, 0.2) is 0 Å². The lowest BCUT2D eigenvalue weighted by atomic mass is 10.1. The maximum Gasteiger partial charge on any atom is 0.137 e. The highest BCUT2D eigenvalue weighted by Crippen LogP contribution is 2.37. The average molecular weight is 751 g/mol. The fraction of sp³-hybridized carbons (Fsp3) is 0. The zero-order valence-corrected chi connectivity index (χ0v) is 30.8. The summed E-state index contributed by atoms with van der Waals surface area (Å²) in [7, 11) is 0. The van der Waals surface area contributed by atoms with E-state index in [0.717, 1.165) is 66.4 Å². The third-order valence-electron chi connectivity index (χ3n) is 10.3. The molecule has 0 radical (unpaired) electrons. The second-order valence-corrected chi connectivity index (χ2v) is 13.8. The lowest BCUT2D eigenvalue weighted by molar-refractivity contribution is 0.483. The molecule has 0 bridgehead atoms. The SMILES string of the molecule is [2H]c1ccc(-n2c3ccccc3c3ccc(Oc4cccc(-c5cnc(-c6cccc(Oc7ccc8c9ccccc9n(-c9ccc([2H])cn9)c8c7)c6)cn5)c4)cc32)nc1. The van der Waals surface area contributed by atoms with Gasteiger partial charge in [0.2, 0.25) is 0 Å². The fourth-order valence-electron chi connectivity index (χ4n) is 7.75. The Morgan fingerprint density at radius 3 is 1.28 bits per heavy atom. The predicted molar refractivity (Wildman–Crippen MR) is 230 cm³/mol. The Hall–Kier alpha value is -8.10. The molecule has 0 saturated heterocycles. The first-order valence-corrected chi connectivity index (χ1v) is 18.8. The Morgan fingerprint density at radius 1 is 0.379 bits per heavy atom. The molecule has 0 saturated carbocycles. The van der Waals surface area contributed by atoms with Crippen molar-refractivity contribution in [2.45, 2.75) is 0 Å². The fourth-order valence-corrected chi connectivity index (χ4v) is 7.75. The van der Waals surface area contributed by atoms with E-state index < -0.39 is 0 Å². The van der Waals surface area contributed by atoms with Crippen molar-refractivity contribution in [3.8, 4) is 57.1 Å². The third-order valence-corrected chi connectivity index (χ3v) is 10.3. The quantitative estimate of drug-likeness (QED) is 0.154. The van der Waals surface area contributed by atoms with Gasteiger partial charge in [-0.05, 0) is 84.9 Å². The zero-order valence-electron chi connectivity index (χ0n) is 32.8. The molecule has 0 aliphatic heterocycles. The van der Waals surface area contributed by atoms with Crippen molar-refractivity contribution in [1.82, 2.24) is 29.1 Å². The van der Waals surface area contributed by atoms with Gasteiger partial charge in [0.1, 0.15) is 34.6 Å². The number of benzene rings is 6. The standard InChI is InChI=1S/C50H32N6O2/c1-3-17-45-39(15-1)41-23-21-37(29-47(41)55(45)49-19-5-7-25-51-49)57-35-13-9-11-33(27-35)43-31-54-44(32-53-43)34-12-10-14-36(28-34)58-38-22-24-42-40-16-2-4-18-46(40)56(48(42)30-38)50-20-6-8-26-52-50/h1-32H/i7D,8D. The van der Waals surface area contributed by atoms with Crippen LogP contribution < -0.4 is 9.47 Å². The highest BCUT2D eigenvalue weighted by atomic mass is 16.5. The van der Waals surface area contributed by atoms with Crippen molar-refractivity contribution < 1.29 is 12.2 Å². The average Bonchev–Trinajstić information content (AvgIpc) is 3.79. The minimum absolute atomic E-state index is 0.362. The van der Waals surface area contributed by atoms with Crippen LogP contribution >= 0.6 is 0 Å². The number of fused-ring (bicyclic) bond motifs is 6. The molecular formula is C50H32N6O2. The summed E-state index contributed by atoms with van der Waals surface area (Å²) in [6.07, 6.45) is 6.67. The van der Waals surface area contributed by atoms with Gasteiger partial charge in [-0.15, -0.1) is 0 Å². The number of pyridine rings is 2. The molecule has 8 heteroatoms. The van der Waals surface area contributed by atoms with Crippen molar-refractivity contribution in [1.29, 1.82) is 0 Å². The number of rotatable bonds is 8. The summed E-state index contributed by atoms with van der Waals surface area (Å²) in [4.78, 5) is 18.7. The first-order chi connectivity index (χ1) is 29.5. The molecule has 0 atom stereocenters. The van der Waals surface area contributed by atoms with Crippen LogP contribution in [0.25, 0.3) is 77.8 Å². The zero-order chi connectivity index (χ0) is 40.2. The van der Waals surface area contributed by atoms with Gasteiger partial charge in [0.05, 0.1) is 48.6 Å². The lowest BCUT2D eigenvalue weighted by Crippen LogP contribution is -1.96. The van der Waals surface area contributed by atoms with Gasteiger partial charge >= 0.3 is 0 Å². The van der Waals surface area contributed by atoms with Crippen molar-refractivity contribution >= 4 is 43.6 Å². The van der Waals surface area contributed by atoms with Gasteiger partial charge in [-0.3, -0.25) is 19.1 Å². The molecule has 0 spiro atoms. The normalized spacial score (nSPS) is 11.9. The second-order valence-electron chi connectivity index (χ2n) is 13.8. The molecule has 11 rings (SSSR count). The van der Waals surface area contributed by atoms with E-state index in [-0.39, 0.29) is 0 Å². The Bertz CT molecular complexity index is 3170. The van der Waals surface area contributed by atoms with Crippen LogP contribution in [0, 0.1) is 0 Å². The van der Waals surface area contributed by atoms with E-state index >= 15 is 0 Å². The number of hydrogen-bond acceptors (Lipinski definition) is 6. The van der Waals surface area contributed by atoms with Crippen LogP contribution in [0.1, 0.15) is 2.74 Å². The molecule has 0 aliphatic carbocycles. The lowest BCUT2D eigenvalue weighted by Gasteiger charge is -2.11. The van der Waals surface area contributed by atoms with Crippen LogP contribution in [0.5, 0.6) is 23.0 Å². The van der Waals surface area contributed by atoms with E-state index in [9.17, 15) is 0 Å². The van der Waals surface area contributed by atoms with Crippen molar-refractivity contribution in [2.75, 3.05) is 0 Å². The summed E-state index contributed by atoms with van der Waals surface area (Å²) in [6.45, 7) is 0. The van der Waals surface area contributed by atoms with Crippen LogP contribution in [-0.2, 0) is 0 Å². The molecule has 5 aromatic heterocycles. The largest absolute Gasteiger partial charge is 0.457 e. The highest BCUT2D eigenvalue weighted by molar-refractivity contribution is 6.10. The summed E-state index contributed by atoms with van der Waals surface area (Å²) in [6, 6.07) is 52.3. The second kappa shape index (κ2) is 13.9. The van der Waals surface area contributed by atoms with Gasteiger partial charge in [-0.2, -0.15) is 0 Å². The van der Waals surface area contributed by atoms with Crippen LogP contribution in [0.3, 0.4) is 0 Å². The Morgan fingerprint density at radius 2 is 0.828 bits per heavy atom. The molecule has 0 fully saturated rings. The van der Waals surface area contributed by atoms with Gasteiger partial charge < -0.3 is 9.47 Å². The van der Waals surface area contributed by atoms with Crippen molar-refractivity contribution in [2.24, 2.45) is 0 Å². The first kappa shape index (κ1) is 31.1. The van der Waals surface area contributed by atoms with E-state index in [2.05, 4.69) is 55.5 Å². The van der Waals surface area contributed by atoms with Gasteiger partial charge in [0, 0.05) is 57.2 Å².